The van der Waals surface area contributed by atoms with E-state index in [-0.39, 0.29) is 5.69 Å². The Bertz CT molecular complexity index is 901. The number of aryl methyl sites for hydroxylation is 2. The Morgan fingerprint density at radius 2 is 1.79 bits per heavy atom. The van der Waals surface area contributed by atoms with E-state index in [1.165, 1.54) is 0 Å². The van der Waals surface area contributed by atoms with Crippen molar-refractivity contribution in [2.75, 3.05) is 0 Å². The molecule has 0 atom stereocenters. The van der Waals surface area contributed by atoms with Gasteiger partial charge in [-0.3, -0.25) is 0 Å². The zero-order chi connectivity index (χ0) is 17.3. The highest BCUT2D eigenvalue weighted by molar-refractivity contribution is 6.30. The van der Waals surface area contributed by atoms with Crippen LogP contribution in [0.1, 0.15) is 27.3 Å². The fourth-order valence-corrected chi connectivity index (χ4v) is 2.48. The first-order valence-electron chi connectivity index (χ1n) is 7.43. The Hall–Kier alpha value is -2.66. The second-order valence-corrected chi connectivity index (χ2v) is 6.01. The molecule has 6 heteroatoms. The summed E-state index contributed by atoms with van der Waals surface area (Å²) in [4.78, 5) is 12.3. The summed E-state index contributed by atoms with van der Waals surface area (Å²) in [5.41, 5.74) is 3.86. The number of aromatic nitrogens is 3. The molecule has 0 spiro atoms. The monoisotopic (exact) mass is 341 g/mol. The maximum Gasteiger partial charge on any atom is 0.366 e. The van der Waals surface area contributed by atoms with Crippen LogP contribution in [0.25, 0.3) is 5.69 Å². The zero-order valence-corrected chi connectivity index (χ0v) is 14.3. The van der Waals surface area contributed by atoms with Crippen molar-refractivity contribution in [3.63, 3.8) is 0 Å². The van der Waals surface area contributed by atoms with E-state index in [0.717, 1.165) is 16.8 Å². The molecule has 0 saturated carbocycles. The maximum atomic E-state index is 12.3. The van der Waals surface area contributed by atoms with E-state index in [4.69, 9.17) is 16.3 Å². The summed E-state index contributed by atoms with van der Waals surface area (Å²) in [5.74, 6) is -0.142. The fourth-order valence-electron chi connectivity index (χ4n) is 2.35. The molecule has 5 nitrogen and oxygen atoms in total. The average molecular weight is 342 g/mol. The van der Waals surface area contributed by atoms with Gasteiger partial charge in [0.2, 0.25) is 0 Å². The van der Waals surface area contributed by atoms with Crippen molar-refractivity contribution in [3.8, 4) is 11.4 Å². The lowest BCUT2D eigenvalue weighted by Gasteiger charge is -2.08. The minimum absolute atomic E-state index is 0.186. The molecule has 0 bridgehead atoms. The smallest absolute Gasteiger partial charge is 0.366 e. The van der Waals surface area contributed by atoms with Crippen LogP contribution in [0.4, 0.5) is 0 Å². The van der Waals surface area contributed by atoms with Crippen molar-refractivity contribution in [3.05, 3.63) is 70.0 Å². The van der Waals surface area contributed by atoms with E-state index in [0.29, 0.717) is 16.5 Å². The van der Waals surface area contributed by atoms with E-state index in [1.54, 1.807) is 35.9 Å². The molecule has 3 aromatic rings. The standard InChI is InChI=1S/C18H16ClN3O2/c1-11-4-5-12(2)16(10-11)22-13(3)17(20-21-22)18(23)24-15-8-6-14(19)7-9-15/h4-10H,1-3H3. The normalized spacial score (nSPS) is 10.7. The van der Waals surface area contributed by atoms with Gasteiger partial charge in [-0.1, -0.05) is 28.9 Å². The van der Waals surface area contributed by atoms with Gasteiger partial charge in [0.05, 0.1) is 11.4 Å². The molecule has 0 radical (unpaired) electrons. The summed E-state index contributed by atoms with van der Waals surface area (Å²) in [6.45, 7) is 5.78. The van der Waals surface area contributed by atoms with Gasteiger partial charge in [0.1, 0.15) is 5.75 Å². The first-order valence-corrected chi connectivity index (χ1v) is 7.81. The van der Waals surface area contributed by atoms with Crippen LogP contribution in [-0.2, 0) is 0 Å². The molecule has 0 aliphatic rings. The van der Waals surface area contributed by atoms with E-state index in [1.807, 2.05) is 32.0 Å². The van der Waals surface area contributed by atoms with Crippen molar-refractivity contribution in [2.45, 2.75) is 20.8 Å². The van der Waals surface area contributed by atoms with Gasteiger partial charge >= 0.3 is 5.97 Å². The van der Waals surface area contributed by atoms with Gasteiger partial charge in [0.25, 0.3) is 0 Å². The number of rotatable bonds is 3. The van der Waals surface area contributed by atoms with Crippen LogP contribution in [0, 0.1) is 20.8 Å². The van der Waals surface area contributed by atoms with Gasteiger partial charge in [0, 0.05) is 5.02 Å². The fraction of sp³-hybridized carbons (Fsp3) is 0.167. The van der Waals surface area contributed by atoms with Gasteiger partial charge in [-0.05, 0) is 62.2 Å². The number of hydrogen-bond acceptors (Lipinski definition) is 4. The number of benzene rings is 2. The zero-order valence-electron chi connectivity index (χ0n) is 13.6. The molecule has 0 fully saturated rings. The third-order valence-electron chi connectivity index (χ3n) is 3.70. The molecule has 24 heavy (non-hydrogen) atoms. The van der Waals surface area contributed by atoms with Gasteiger partial charge in [-0.25, -0.2) is 9.48 Å². The van der Waals surface area contributed by atoms with Crippen molar-refractivity contribution >= 4 is 17.6 Å². The molecule has 0 amide bonds. The molecule has 0 saturated heterocycles. The van der Waals surface area contributed by atoms with E-state index < -0.39 is 5.97 Å². The SMILES string of the molecule is Cc1ccc(C)c(-n2nnc(C(=O)Oc3ccc(Cl)cc3)c2C)c1. The minimum Gasteiger partial charge on any atom is -0.422 e. The number of ether oxygens (including phenoxy) is 1. The van der Waals surface area contributed by atoms with E-state index in [9.17, 15) is 4.79 Å². The number of carbonyl (C=O) groups is 1. The molecular formula is C18H16ClN3O2. The third kappa shape index (κ3) is 3.16. The highest BCUT2D eigenvalue weighted by Crippen LogP contribution is 2.20. The molecule has 0 N–H and O–H groups in total. The van der Waals surface area contributed by atoms with Crippen LogP contribution in [0.3, 0.4) is 0 Å². The molecule has 122 valence electrons. The molecule has 0 aliphatic heterocycles. The lowest BCUT2D eigenvalue weighted by atomic mass is 10.1. The maximum absolute atomic E-state index is 12.3. The van der Waals surface area contributed by atoms with Gasteiger partial charge in [0.15, 0.2) is 5.69 Å². The van der Waals surface area contributed by atoms with E-state index in [2.05, 4.69) is 10.3 Å². The van der Waals surface area contributed by atoms with Crippen molar-refractivity contribution in [1.82, 2.24) is 15.0 Å². The summed E-state index contributed by atoms with van der Waals surface area (Å²) < 4.78 is 6.98. The Morgan fingerprint density at radius 3 is 2.50 bits per heavy atom. The summed E-state index contributed by atoms with van der Waals surface area (Å²) in [6, 6.07) is 12.6. The Kier molecular flexibility index (Phi) is 4.36. The van der Waals surface area contributed by atoms with Gasteiger partial charge in [-0.2, -0.15) is 0 Å². The Morgan fingerprint density at radius 1 is 1.08 bits per heavy atom. The largest absolute Gasteiger partial charge is 0.422 e. The predicted molar refractivity (Wildman–Crippen MR) is 92.0 cm³/mol. The van der Waals surface area contributed by atoms with Crippen LogP contribution in [0.2, 0.25) is 5.02 Å². The molecular weight excluding hydrogens is 326 g/mol. The number of carbonyl (C=O) groups excluding carboxylic acids is 1. The van der Waals surface area contributed by atoms with Crippen LogP contribution in [0.5, 0.6) is 5.75 Å². The van der Waals surface area contributed by atoms with Crippen LogP contribution in [-0.4, -0.2) is 21.0 Å². The molecule has 0 unspecified atom stereocenters. The molecule has 1 heterocycles. The van der Waals surface area contributed by atoms with Crippen molar-refractivity contribution in [2.24, 2.45) is 0 Å². The highest BCUT2D eigenvalue weighted by atomic mass is 35.5. The summed E-state index contributed by atoms with van der Waals surface area (Å²) in [7, 11) is 0. The third-order valence-corrected chi connectivity index (χ3v) is 3.96. The van der Waals surface area contributed by atoms with Crippen molar-refractivity contribution < 1.29 is 9.53 Å². The summed E-state index contributed by atoms with van der Waals surface area (Å²) >= 11 is 5.82. The summed E-state index contributed by atoms with van der Waals surface area (Å²) in [6.07, 6.45) is 0. The molecule has 3 rings (SSSR count). The highest BCUT2D eigenvalue weighted by Gasteiger charge is 2.20. The second-order valence-electron chi connectivity index (χ2n) is 5.57. The van der Waals surface area contributed by atoms with Crippen LogP contribution < -0.4 is 4.74 Å². The van der Waals surface area contributed by atoms with Gasteiger partial charge in [-0.15, -0.1) is 5.10 Å². The lowest BCUT2D eigenvalue weighted by molar-refractivity contribution is 0.0727. The summed E-state index contributed by atoms with van der Waals surface area (Å²) in [5, 5.41) is 8.67. The molecule has 2 aromatic carbocycles. The second kappa shape index (κ2) is 6.45. The lowest BCUT2D eigenvalue weighted by Crippen LogP contribution is -2.11. The first-order chi connectivity index (χ1) is 11.5. The van der Waals surface area contributed by atoms with Crippen LogP contribution >= 0.6 is 11.6 Å². The number of esters is 1. The van der Waals surface area contributed by atoms with Crippen molar-refractivity contribution in [1.29, 1.82) is 0 Å². The topological polar surface area (TPSA) is 57.0 Å². The number of nitrogens with zero attached hydrogens (tertiary/aromatic N) is 3. The molecule has 0 aliphatic carbocycles. The number of halogens is 1. The Labute approximate surface area is 144 Å². The minimum atomic E-state index is -0.550. The van der Waals surface area contributed by atoms with Gasteiger partial charge < -0.3 is 4.74 Å². The predicted octanol–water partition coefficient (Wildman–Crippen LogP) is 4.07. The Balaban J connectivity index is 1.90. The molecule has 1 aromatic heterocycles. The van der Waals surface area contributed by atoms with E-state index >= 15 is 0 Å². The average Bonchev–Trinajstić information content (AvgIpc) is 2.93. The van der Waals surface area contributed by atoms with Crippen LogP contribution in [0.15, 0.2) is 42.5 Å². The quantitative estimate of drug-likeness (QED) is 0.532. The number of hydrogen-bond donors (Lipinski definition) is 0. The first kappa shape index (κ1) is 16.2.